The Bertz CT molecular complexity index is 433. The van der Waals surface area contributed by atoms with Crippen LogP contribution >= 0.6 is 11.6 Å². The van der Waals surface area contributed by atoms with Crippen molar-refractivity contribution < 1.29 is 4.79 Å². The maximum absolute atomic E-state index is 12.4. The summed E-state index contributed by atoms with van der Waals surface area (Å²) in [5.74, 6) is 0.0787. The number of halogens is 1. The van der Waals surface area contributed by atoms with Crippen molar-refractivity contribution in [2.24, 2.45) is 0 Å². The molecule has 0 saturated carbocycles. The molecule has 1 aromatic carbocycles. The third kappa shape index (κ3) is 2.25. The average Bonchev–Trinajstić information content (AvgIpc) is 2.33. The van der Waals surface area contributed by atoms with Gasteiger partial charge in [0.2, 0.25) is 0 Å². The van der Waals surface area contributed by atoms with Crippen LogP contribution in [-0.4, -0.2) is 23.5 Å². The van der Waals surface area contributed by atoms with Gasteiger partial charge in [0.15, 0.2) is 0 Å². The first-order valence-corrected chi connectivity index (χ1v) is 6.42. The van der Waals surface area contributed by atoms with E-state index in [1.165, 1.54) is 0 Å². The van der Waals surface area contributed by atoms with E-state index >= 15 is 0 Å². The number of hydrogen-bond donors (Lipinski definition) is 1. The van der Waals surface area contributed by atoms with Crippen LogP contribution in [0.4, 0.5) is 5.69 Å². The first kappa shape index (κ1) is 12.2. The van der Waals surface area contributed by atoms with E-state index in [-0.39, 0.29) is 12.1 Å². The Morgan fingerprint density at radius 3 is 2.82 bits per heavy atom. The van der Waals surface area contributed by atoms with Gasteiger partial charge in [0.25, 0.3) is 5.91 Å². The lowest BCUT2D eigenvalue weighted by Gasteiger charge is -2.37. The normalized spacial score (nSPS) is 18.9. The fraction of sp³-hybridized carbons (Fsp3) is 0.462. The van der Waals surface area contributed by atoms with Crippen molar-refractivity contribution in [3.63, 3.8) is 0 Å². The first-order valence-electron chi connectivity index (χ1n) is 6.04. The average molecular weight is 253 g/mol. The molecule has 17 heavy (non-hydrogen) atoms. The van der Waals surface area contributed by atoms with E-state index < -0.39 is 0 Å². The highest BCUT2D eigenvalue weighted by atomic mass is 35.5. The zero-order valence-electron chi connectivity index (χ0n) is 10.2. The molecule has 0 aliphatic carbocycles. The minimum Gasteiger partial charge on any atom is -0.364 e. The number of hydrogen-bond acceptors (Lipinski definition) is 2. The van der Waals surface area contributed by atoms with Gasteiger partial charge in [0.1, 0.15) is 6.17 Å². The molecule has 92 valence electrons. The smallest absolute Gasteiger partial charge is 0.257 e. The van der Waals surface area contributed by atoms with Crippen LogP contribution in [0.3, 0.4) is 0 Å². The van der Waals surface area contributed by atoms with Gasteiger partial charge >= 0.3 is 0 Å². The predicted octanol–water partition coefficient (Wildman–Crippen LogP) is 3.35. The minimum absolute atomic E-state index is 0.0787. The monoisotopic (exact) mass is 252 g/mol. The Labute approximate surface area is 107 Å². The highest BCUT2D eigenvalue weighted by Gasteiger charge is 2.30. The number of carbonyl (C=O) groups excluding carboxylic acids is 1. The fourth-order valence-corrected chi connectivity index (χ4v) is 2.37. The van der Waals surface area contributed by atoms with E-state index in [0.717, 1.165) is 25.1 Å². The van der Waals surface area contributed by atoms with E-state index in [4.69, 9.17) is 11.6 Å². The molecule has 3 nitrogen and oxygen atoms in total. The molecule has 1 aromatic rings. The molecule has 1 N–H and O–H groups in total. The van der Waals surface area contributed by atoms with Crippen LogP contribution in [0.5, 0.6) is 0 Å². The summed E-state index contributed by atoms with van der Waals surface area (Å²) in [6.45, 7) is 4.93. The van der Waals surface area contributed by atoms with Crippen molar-refractivity contribution in [2.75, 3.05) is 11.9 Å². The summed E-state index contributed by atoms with van der Waals surface area (Å²) >= 11 is 5.94. The lowest BCUT2D eigenvalue weighted by molar-refractivity contribution is 0.0681. The fourth-order valence-electron chi connectivity index (χ4n) is 2.19. The summed E-state index contributed by atoms with van der Waals surface area (Å²) in [5.41, 5.74) is 1.56. The quantitative estimate of drug-likeness (QED) is 0.895. The number of fused-ring (bicyclic) bond motifs is 1. The van der Waals surface area contributed by atoms with Gasteiger partial charge in [-0.15, -0.1) is 0 Å². The van der Waals surface area contributed by atoms with Gasteiger partial charge in [-0.25, -0.2) is 0 Å². The molecule has 1 heterocycles. The van der Waals surface area contributed by atoms with E-state index in [1.54, 1.807) is 6.07 Å². The number of nitrogens with one attached hydrogen (secondary N) is 1. The van der Waals surface area contributed by atoms with Gasteiger partial charge in [-0.05, 0) is 31.0 Å². The third-order valence-electron chi connectivity index (χ3n) is 3.02. The second kappa shape index (κ2) is 4.96. The van der Waals surface area contributed by atoms with Crippen molar-refractivity contribution in [1.29, 1.82) is 0 Å². The number of benzene rings is 1. The van der Waals surface area contributed by atoms with Crippen LogP contribution in [0.1, 0.15) is 37.0 Å². The van der Waals surface area contributed by atoms with Gasteiger partial charge in [0.05, 0.1) is 5.56 Å². The second-order valence-corrected chi connectivity index (χ2v) is 4.69. The predicted molar refractivity (Wildman–Crippen MR) is 70.5 cm³/mol. The Hall–Kier alpha value is -1.22. The summed E-state index contributed by atoms with van der Waals surface area (Å²) in [4.78, 5) is 14.2. The molecule has 4 heteroatoms. The van der Waals surface area contributed by atoms with E-state index in [2.05, 4.69) is 19.2 Å². The van der Waals surface area contributed by atoms with Crippen LogP contribution in [0.25, 0.3) is 0 Å². The van der Waals surface area contributed by atoms with Crippen LogP contribution in [0.2, 0.25) is 5.02 Å². The van der Waals surface area contributed by atoms with Crippen molar-refractivity contribution >= 4 is 23.2 Å². The number of amides is 1. The number of anilines is 1. The molecule has 0 radical (unpaired) electrons. The summed E-state index contributed by atoms with van der Waals surface area (Å²) in [5, 5.41) is 3.99. The van der Waals surface area contributed by atoms with Crippen molar-refractivity contribution in [3.8, 4) is 0 Å². The zero-order valence-corrected chi connectivity index (χ0v) is 10.9. The summed E-state index contributed by atoms with van der Waals surface area (Å²) < 4.78 is 0. The molecule has 1 atom stereocenters. The first-order chi connectivity index (χ1) is 8.17. The highest BCUT2D eigenvalue weighted by molar-refractivity contribution is 6.31. The Kier molecular flexibility index (Phi) is 3.57. The zero-order chi connectivity index (χ0) is 12.4. The van der Waals surface area contributed by atoms with Crippen LogP contribution < -0.4 is 5.32 Å². The van der Waals surface area contributed by atoms with E-state index in [9.17, 15) is 4.79 Å². The van der Waals surface area contributed by atoms with Gasteiger partial charge in [0, 0.05) is 17.3 Å². The molecule has 0 saturated heterocycles. The molecule has 1 aliphatic heterocycles. The number of rotatable bonds is 3. The molecule has 0 spiro atoms. The lowest BCUT2D eigenvalue weighted by Crippen LogP contribution is -2.48. The molecule has 0 aromatic heterocycles. The SMILES string of the molecule is CCCN1C(=O)c2cc(Cl)ccc2NC1CC. The van der Waals surface area contributed by atoms with Gasteiger partial charge in [-0.1, -0.05) is 25.4 Å². The third-order valence-corrected chi connectivity index (χ3v) is 3.26. The number of carbonyl (C=O) groups is 1. The Balaban J connectivity index is 2.38. The minimum atomic E-state index is 0.0787. The lowest BCUT2D eigenvalue weighted by atomic mass is 10.1. The number of nitrogens with zero attached hydrogens (tertiary/aromatic N) is 1. The Morgan fingerprint density at radius 1 is 1.41 bits per heavy atom. The van der Waals surface area contributed by atoms with E-state index in [0.29, 0.717) is 10.6 Å². The maximum Gasteiger partial charge on any atom is 0.257 e. The van der Waals surface area contributed by atoms with E-state index in [1.807, 2.05) is 17.0 Å². The van der Waals surface area contributed by atoms with Crippen molar-refractivity contribution in [2.45, 2.75) is 32.9 Å². The molecule has 1 amide bonds. The second-order valence-electron chi connectivity index (χ2n) is 4.26. The van der Waals surface area contributed by atoms with Crippen LogP contribution in [0, 0.1) is 0 Å². The molecular formula is C13H17ClN2O. The molecular weight excluding hydrogens is 236 g/mol. The molecule has 0 bridgehead atoms. The molecule has 0 fully saturated rings. The van der Waals surface area contributed by atoms with Crippen molar-refractivity contribution in [1.82, 2.24) is 4.90 Å². The molecule has 1 aliphatic rings. The summed E-state index contributed by atoms with van der Waals surface area (Å²) in [6.07, 6.45) is 1.95. The van der Waals surface area contributed by atoms with Crippen LogP contribution in [0.15, 0.2) is 18.2 Å². The summed E-state index contributed by atoms with van der Waals surface area (Å²) in [6, 6.07) is 5.42. The largest absolute Gasteiger partial charge is 0.364 e. The van der Waals surface area contributed by atoms with Gasteiger partial charge in [-0.2, -0.15) is 0 Å². The topological polar surface area (TPSA) is 32.3 Å². The Morgan fingerprint density at radius 2 is 2.18 bits per heavy atom. The molecule has 2 rings (SSSR count). The van der Waals surface area contributed by atoms with Gasteiger partial charge < -0.3 is 10.2 Å². The summed E-state index contributed by atoms with van der Waals surface area (Å²) in [7, 11) is 0. The highest BCUT2D eigenvalue weighted by Crippen LogP contribution is 2.28. The van der Waals surface area contributed by atoms with Gasteiger partial charge in [-0.3, -0.25) is 4.79 Å². The van der Waals surface area contributed by atoms with Crippen molar-refractivity contribution in [3.05, 3.63) is 28.8 Å². The van der Waals surface area contributed by atoms with Crippen LogP contribution in [-0.2, 0) is 0 Å². The molecule has 1 unspecified atom stereocenters. The maximum atomic E-state index is 12.4. The standard InChI is InChI=1S/C13H17ClN2O/c1-3-7-16-12(4-2)15-11-6-5-9(14)8-10(11)13(16)17/h5-6,8,12,15H,3-4,7H2,1-2H3.